The van der Waals surface area contributed by atoms with Crippen molar-refractivity contribution in [1.82, 2.24) is 5.43 Å². The molecule has 1 amide bonds. The van der Waals surface area contributed by atoms with Gasteiger partial charge in [-0.15, -0.1) is 0 Å². The normalized spacial score (nSPS) is 16.6. The summed E-state index contributed by atoms with van der Waals surface area (Å²) in [6.07, 6.45) is -2.13. The van der Waals surface area contributed by atoms with E-state index in [0.29, 0.717) is 0 Å². The number of nitrogens with zero attached hydrogens (tertiary/aromatic N) is 1. The molecule has 7 heteroatoms. The second kappa shape index (κ2) is 6.58. The van der Waals surface area contributed by atoms with Crippen LogP contribution in [-0.2, 0) is 12.6 Å². The summed E-state index contributed by atoms with van der Waals surface area (Å²) in [4.78, 5) is 11.9. The third-order valence-electron chi connectivity index (χ3n) is 3.75. The van der Waals surface area contributed by atoms with Crippen molar-refractivity contribution in [2.24, 2.45) is 5.10 Å². The van der Waals surface area contributed by atoms with Crippen LogP contribution >= 0.6 is 0 Å². The molecule has 0 spiro atoms. The van der Waals surface area contributed by atoms with Crippen LogP contribution in [-0.4, -0.2) is 18.2 Å². The molecule has 1 aliphatic rings. The van der Waals surface area contributed by atoms with Crippen molar-refractivity contribution in [2.45, 2.75) is 25.6 Å². The van der Waals surface area contributed by atoms with Gasteiger partial charge in [-0.3, -0.25) is 4.79 Å². The third kappa shape index (κ3) is 3.99. The maximum atomic E-state index is 12.7. The van der Waals surface area contributed by atoms with Gasteiger partial charge in [-0.05, 0) is 54.4 Å². The van der Waals surface area contributed by atoms with Gasteiger partial charge in [0.25, 0.3) is 5.91 Å². The van der Waals surface area contributed by atoms with Gasteiger partial charge in [0.05, 0.1) is 11.8 Å². The van der Waals surface area contributed by atoms with Crippen LogP contribution in [0, 0.1) is 0 Å². The Bertz CT molecular complexity index is 831. The topological polar surface area (TPSA) is 50.7 Å². The highest BCUT2D eigenvalue weighted by molar-refractivity contribution is 5.95. The van der Waals surface area contributed by atoms with E-state index in [4.69, 9.17) is 4.74 Å². The van der Waals surface area contributed by atoms with Gasteiger partial charge >= 0.3 is 6.18 Å². The van der Waals surface area contributed by atoms with Crippen LogP contribution in [0.15, 0.2) is 47.6 Å². The van der Waals surface area contributed by atoms with E-state index in [-0.39, 0.29) is 11.7 Å². The molecule has 0 radical (unpaired) electrons. The third-order valence-corrected chi connectivity index (χ3v) is 3.75. The van der Waals surface area contributed by atoms with Crippen LogP contribution in [0.5, 0.6) is 5.75 Å². The van der Waals surface area contributed by atoms with E-state index in [0.717, 1.165) is 35.4 Å². The molecule has 4 nitrogen and oxygen atoms in total. The minimum absolute atomic E-state index is 0.108. The molecule has 0 aromatic heterocycles. The predicted molar refractivity (Wildman–Crippen MR) is 86.7 cm³/mol. The average Bonchev–Trinajstić information content (AvgIpc) is 2.93. The number of amides is 1. The van der Waals surface area contributed by atoms with Gasteiger partial charge in [-0.2, -0.15) is 18.3 Å². The number of nitrogens with one attached hydrogen (secondary N) is 1. The lowest BCUT2D eigenvalue weighted by Crippen LogP contribution is -2.18. The Morgan fingerprint density at radius 3 is 2.84 bits per heavy atom. The standard InChI is InChI=1S/C18H15F3N2O2/c1-11-7-14-8-12(5-6-16(14)25-11)10-22-23-17(24)13-3-2-4-15(9-13)18(19,20)21/h2-6,8-11H,7H2,1H3,(H,23,24)/b22-10+/t11-/m0/s1. The molecule has 0 saturated heterocycles. The van der Waals surface area contributed by atoms with Crippen LogP contribution in [0.4, 0.5) is 13.2 Å². The van der Waals surface area contributed by atoms with Crippen molar-refractivity contribution in [3.05, 3.63) is 64.7 Å². The molecule has 25 heavy (non-hydrogen) atoms. The molecular formula is C18H15F3N2O2. The fraction of sp³-hybridized carbons (Fsp3) is 0.222. The van der Waals surface area contributed by atoms with Crippen molar-refractivity contribution in [3.8, 4) is 5.75 Å². The number of hydrazone groups is 1. The summed E-state index contributed by atoms with van der Waals surface area (Å²) in [6.45, 7) is 1.98. The minimum atomic E-state index is -4.50. The Morgan fingerprint density at radius 1 is 1.28 bits per heavy atom. The summed E-state index contributed by atoms with van der Waals surface area (Å²) in [6, 6.07) is 9.70. The number of halogens is 3. The van der Waals surface area contributed by atoms with Gasteiger partial charge in [0.2, 0.25) is 0 Å². The van der Waals surface area contributed by atoms with Crippen LogP contribution in [0.3, 0.4) is 0 Å². The summed E-state index contributed by atoms with van der Waals surface area (Å²) in [5.41, 5.74) is 3.07. The number of fused-ring (bicyclic) bond motifs is 1. The lowest BCUT2D eigenvalue weighted by molar-refractivity contribution is -0.137. The number of ether oxygens (including phenoxy) is 1. The summed E-state index contributed by atoms with van der Waals surface area (Å²) in [5, 5.41) is 3.81. The van der Waals surface area contributed by atoms with Gasteiger partial charge in [0.1, 0.15) is 11.9 Å². The van der Waals surface area contributed by atoms with Crippen molar-refractivity contribution >= 4 is 12.1 Å². The van der Waals surface area contributed by atoms with Gasteiger partial charge in [-0.25, -0.2) is 5.43 Å². The van der Waals surface area contributed by atoms with Crippen molar-refractivity contribution in [2.75, 3.05) is 0 Å². The van der Waals surface area contributed by atoms with Gasteiger partial charge in [0.15, 0.2) is 0 Å². The molecule has 0 saturated carbocycles. The van der Waals surface area contributed by atoms with E-state index in [9.17, 15) is 18.0 Å². The predicted octanol–water partition coefficient (Wildman–Crippen LogP) is 3.79. The van der Waals surface area contributed by atoms with Crippen molar-refractivity contribution < 1.29 is 22.7 Å². The minimum Gasteiger partial charge on any atom is -0.490 e. The zero-order valence-corrected chi connectivity index (χ0v) is 13.3. The molecule has 1 aliphatic heterocycles. The lowest BCUT2D eigenvalue weighted by atomic mass is 10.1. The summed E-state index contributed by atoms with van der Waals surface area (Å²) >= 11 is 0. The first-order valence-corrected chi connectivity index (χ1v) is 7.63. The monoisotopic (exact) mass is 348 g/mol. The second-order valence-electron chi connectivity index (χ2n) is 5.78. The van der Waals surface area contributed by atoms with E-state index < -0.39 is 17.6 Å². The first kappa shape index (κ1) is 17.0. The molecule has 0 fully saturated rings. The fourth-order valence-corrected chi connectivity index (χ4v) is 2.59. The number of carbonyl (C=O) groups excluding carboxylic acids is 1. The Morgan fingerprint density at radius 2 is 2.08 bits per heavy atom. The number of hydrogen-bond donors (Lipinski definition) is 1. The summed E-state index contributed by atoms with van der Waals surface area (Å²) in [7, 11) is 0. The molecular weight excluding hydrogens is 333 g/mol. The van der Waals surface area contributed by atoms with E-state index in [1.54, 1.807) is 6.07 Å². The number of hydrogen-bond acceptors (Lipinski definition) is 3. The van der Waals surface area contributed by atoms with Gasteiger partial charge < -0.3 is 4.74 Å². The Labute approximate surface area is 142 Å². The number of rotatable bonds is 3. The summed E-state index contributed by atoms with van der Waals surface area (Å²) in [5.74, 6) is 0.123. The van der Waals surface area contributed by atoms with Crippen LogP contribution in [0.25, 0.3) is 0 Å². The van der Waals surface area contributed by atoms with Crippen LogP contribution in [0.1, 0.15) is 34.0 Å². The Balaban J connectivity index is 1.67. The number of carbonyl (C=O) groups is 1. The van der Waals surface area contributed by atoms with E-state index in [2.05, 4.69) is 10.5 Å². The summed E-state index contributed by atoms with van der Waals surface area (Å²) < 4.78 is 43.6. The molecule has 1 heterocycles. The Kier molecular flexibility index (Phi) is 4.48. The smallest absolute Gasteiger partial charge is 0.416 e. The average molecular weight is 348 g/mol. The van der Waals surface area contributed by atoms with Crippen LogP contribution < -0.4 is 10.2 Å². The molecule has 0 unspecified atom stereocenters. The van der Waals surface area contributed by atoms with E-state index in [1.165, 1.54) is 18.3 Å². The highest BCUT2D eigenvalue weighted by Gasteiger charge is 2.30. The number of benzene rings is 2. The number of alkyl halides is 3. The maximum Gasteiger partial charge on any atom is 0.416 e. The maximum absolute atomic E-state index is 12.7. The molecule has 1 atom stereocenters. The van der Waals surface area contributed by atoms with Crippen molar-refractivity contribution in [1.29, 1.82) is 0 Å². The first-order valence-electron chi connectivity index (χ1n) is 7.63. The van der Waals surface area contributed by atoms with Gasteiger partial charge in [0, 0.05) is 12.0 Å². The lowest BCUT2D eigenvalue weighted by Gasteiger charge is -2.07. The zero-order valence-electron chi connectivity index (χ0n) is 13.3. The largest absolute Gasteiger partial charge is 0.490 e. The highest BCUT2D eigenvalue weighted by Crippen LogP contribution is 2.30. The molecule has 1 N–H and O–H groups in total. The highest BCUT2D eigenvalue weighted by atomic mass is 19.4. The molecule has 2 aromatic rings. The van der Waals surface area contributed by atoms with Gasteiger partial charge in [-0.1, -0.05) is 6.07 Å². The fourth-order valence-electron chi connectivity index (χ4n) is 2.59. The van der Waals surface area contributed by atoms with E-state index in [1.807, 2.05) is 19.1 Å². The second-order valence-corrected chi connectivity index (χ2v) is 5.78. The molecule has 0 bridgehead atoms. The molecule has 2 aromatic carbocycles. The zero-order chi connectivity index (χ0) is 18.0. The molecule has 130 valence electrons. The van der Waals surface area contributed by atoms with E-state index >= 15 is 0 Å². The molecule has 3 rings (SSSR count). The first-order chi connectivity index (χ1) is 11.8. The Hall–Kier alpha value is -2.83. The van der Waals surface area contributed by atoms with Crippen LogP contribution in [0.2, 0.25) is 0 Å². The SMILES string of the molecule is C[C@H]1Cc2cc(/C=N/NC(=O)c3cccc(C(F)(F)F)c3)ccc2O1. The quantitative estimate of drug-likeness (QED) is 0.678. The molecule has 0 aliphatic carbocycles. The van der Waals surface area contributed by atoms with Crippen molar-refractivity contribution in [3.63, 3.8) is 0 Å².